The minimum Gasteiger partial charge on any atom is -0.497 e. The molecule has 0 bridgehead atoms. The van der Waals surface area contributed by atoms with Gasteiger partial charge in [-0.1, -0.05) is 0 Å². The van der Waals surface area contributed by atoms with Gasteiger partial charge >= 0.3 is 0 Å². The quantitative estimate of drug-likeness (QED) is 0.215. The number of guanidine groups is 1. The first-order valence-electron chi connectivity index (χ1n) is 8.58. The zero-order valence-electron chi connectivity index (χ0n) is 15.5. The maximum absolute atomic E-state index is 5.69. The smallest absolute Gasteiger partial charge is 0.191 e. The summed E-state index contributed by atoms with van der Waals surface area (Å²) in [6.45, 7) is 5.81. The molecule has 0 amide bonds. The second-order valence-electron chi connectivity index (χ2n) is 5.26. The zero-order valence-corrected chi connectivity index (χ0v) is 17.9. The highest BCUT2D eigenvalue weighted by Gasteiger charge is 1.98. The summed E-state index contributed by atoms with van der Waals surface area (Å²) in [6.07, 6.45) is 3.30. The number of halogens is 1. The average Bonchev–Trinajstić information content (AvgIpc) is 2.62. The Morgan fingerprint density at radius 3 is 2.32 bits per heavy atom. The van der Waals surface area contributed by atoms with E-state index in [1.54, 1.807) is 14.2 Å². The molecule has 0 radical (unpaired) electrons. The predicted octanol–water partition coefficient (Wildman–Crippen LogP) is 3.06. The lowest BCUT2D eigenvalue weighted by atomic mass is 10.2. The minimum atomic E-state index is 0. The van der Waals surface area contributed by atoms with Gasteiger partial charge in [0.25, 0.3) is 0 Å². The first-order chi connectivity index (χ1) is 11.8. The molecule has 0 unspecified atom stereocenters. The lowest BCUT2D eigenvalue weighted by Crippen LogP contribution is -2.39. The molecule has 0 aliphatic heterocycles. The molecule has 0 saturated carbocycles. The van der Waals surface area contributed by atoms with Crippen LogP contribution in [0.2, 0.25) is 0 Å². The molecule has 0 saturated heterocycles. The molecule has 0 aliphatic rings. The molecule has 2 N–H and O–H groups in total. The molecular formula is C18H32IN3O3. The van der Waals surface area contributed by atoms with Crippen LogP contribution in [0, 0.1) is 0 Å². The minimum absolute atomic E-state index is 0. The summed E-state index contributed by atoms with van der Waals surface area (Å²) in [6, 6.07) is 7.58. The summed E-state index contributed by atoms with van der Waals surface area (Å²) in [4.78, 5) is 4.56. The monoisotopic (exact) mass is 465 g/mol. The molecule has 1 rings (SSSR count). The van der Waals surface area contributed by atoms with Crippen LogP contribution in [0.25, 0.3) is 0 Å². The Kier molecular flexibility index (Phi) is 15.5. The van der Waals surface area contributed by atoms with Gasteiger partial charge < -0.3 is 24.8 Å². The van der Waals surface area contributed by atoms with Crippen LogP contribution in [0.5, 0.6) is 11.5 Å². The van der Waals surface area contributed by atoms with Crippen LogP contribution in [0.1, 0.15) is 26.2 Å². The average molecular weight is 465 g/mol. The Morgan fingerprint density at radius 2 is 1.68 bits per heavy atom. The number of methoxy groups -OCH3 is 2. The molecule has 0 fully saturated rings. The number of nitrogens with zero attached hydrogens (tertiary/aromatic N) is 1. The number of rotatable bonds is 12. The van der Waals surface area contributed by atoms with Crippen molar-refractivity contribution in [2.24, 2.45) is 4.99 Å². The van der Waals surface area contributed by atoms with E-state index in [-0.39, 0.29) is 24.0 Å². The van der Waals surface area contributed by atoms with Crippen molar-refractivity contribution >= 4 is 29.9 Å². The second kappa shape index (κ2) is 16.3. The van der Waals surface area contributed by atoms with E-state index >= 15 is 0 Å². The molecular weight excluding hydrogens is 433 g/mol. The van der Waals surface area contributed by atoms with Crippen molar-refractivity contribution in [2.45, 2.75) is 26.2 Å². The van der Waals surface area contributed by atoms with Crippen molar-refractivity contribution in [2.75, 3.05) is 47.1 Å². The van der Waals surface area contributed by atoms with Crippen molar-refractivity contribution in [1.82, 2.24) is 10.6 Å². The molecule has 0 spiro atoms. The molecule has 7 heteroatoms. The Bertz CT molecular complexity index is 455. The van der Waals surface area contributed by atoms with Gasteiger partial charge in [0.1, 0.15) is 18.1 Å². The topological polar surface area (TPSA) is 64.1 Å². The van der Waals surface area contributed by atoms with E-state index in [9.17, 15) is 0 Å². The van der Waals surface area contributed by atoms with Gasteiger partial charge in [0, 0.05) is 26.8 Å². The van der Waals surface area contributed by atoms with Gasteiger partial charge in [-0.15, -0.1) is 24.0 Å². The number of aliphatic imine (C=N–C) groups is 1. The van der Waals surface area contributed by atoms with Crippen molar-refractivity contribution in [3.8, 4) is 11.5 Å². The summed E-state index contributed by atoms with van der Waals surface area (Å²) < 4.78 is 15.9. The summed E-state index contributed by atoms with van der Waals surface area (Å²) in [5.74, 6) is 2.49. The van der Waals surface area contributed by atoms with Crippen LogP contribution < -0.4 is 20.1 Å². The van der Waals surface area contributed by atoms with E-state index in [1.165, 1.54) is 0 Å². The summed E-state index contributed by atoms with van der Waals surface area (Å²) >= 11 is 0. The SMILES string of the molecule is CCNC(=NCCCCCOC)NCCOc1ccc(OC)cc1.I. The second-order valence-corrected chi connectivity index (χ2v) is 5.26. The molecule has 1 aromatic carbocycles. The third-order valence-corrected chi connectivity index (χ3v) is 3.34. The van der Waals surface area contributed by atoms with Gasteiger partial charge in [-0.25, -0.2) is 0 Å². The van der Waals surface area contributed by atoms with Gasteiger partial charge in [-0.2, -0.15) is 0 Å². The van der Waals surface area contributed by atoms with Crippen molar-refractivity contribution in [3.63, 3.8) is 0 Å². The van der Waals surface area contributed by atoms with Crippen LogP contribution in [0.3, 0.4) is 0 Å². The maximum atomic E-state index is 5.69. The van der Waals surface area contributed by atoms with E-state index in [0.29, 0.717) is 13.2 Å². The van der Waals surface area contributed by atoms with E-state index < -0.39 is 0 Å². The molecule has 6 nitrogen and oxygen atoms in total. The van der Waals surface area contributed by atoms with Crippen LogP contribution in [-0.4, -0.2) is 53.0 Å². The summed E-state index contributed by atoms with van der Waals surface area (Å²) in [5, 5.41) is 6.52. The largest absolute Gasteiger partial charge is 0.497 e. The third kappa shape index (κ3) is 11.9. The van der Waals surface area contributed by atoms with E-state index in [1.807, 2.05) is 24.3 Å². The van der Waals surface area contributed by atoms with Crippen LogP contribution in [0.15, 0.2) is 29.3 Å². The summed E-state index contributed by atoms with van der Waals surface area (Å²) in [7, 11) is 3.39. The standard InChI is InChI=1S/C18H31N3O3.HI/c1-4-19-18(20-12-6-5-7-14-22-2)21-13-15-24-17-10-8-16(23-3)9-11-17;/h8-11H,4-7,12-15H2,1-3H3,(H2,19,20,21);1H. The number of unbranched alkanes of at least 4 members (excludes halogenated alkanes) is 2. The fourth-order valence-electron chi connectivity index (χ4n) is 2.08. The van der Waals surface area contributed by atoms with Crippen molar-refractivity contribution in [3.05, 3.63) is 24.3 Å². The molecule has 25 heavy (non-hydrogen) atoms. The fourth-order valence-corrected chi connectivity index (χ4v) is 2.08. The van der Waals surface area contributed by atoms with Gasteiger partial charge in [0.15, 0.2) is 5.96 Å². The Morgan fingerprint density at radius 1 is 0.960 bits per heavy atom. The van der Waals surface area contributed by atoms with Gasteiger partial charge in [-0.05, 0) is 50.5 Å². The first kappa shape index (κ1) is 23.8. The molecule has 0 heterocycles. The third-order valence-electron chi connectivity index (χ3n) is 3.34. The van der Waals surface area contributed by atoms with Crippen LogP contribution >= 0.6 is 24.0 Å². The molecule has 1 aromatic rings. The van der Waals surface area contributed by atoms with Crippen LogP contribution in [-0.2, 0) is 4.74 Å². The molecule has 144 valence electrons. The molecule has 0 aliphatic carbocycles. The summed E-state index contributed by atoms with van der Waals surface area (Å²) in [5.41, 5.74) is 0. The number of hydrogen-bond acceptors (Lipinski definition) is 4. The maximum Gasteiger partial charge on any atom is 0.191 e. The van der Waals surface area contributed by atoms with Gasteiger partial charge in [0.2, 0.25) is 0 Å². The predicted molar refractivity (Wildman–Crippen MR) is 114 cm³/mol. The van der Waals surface area contributed by atoms with Gasteiger partial charge in [-0.3, -0.25) is 4.99 Å². The zero-order chi connectivity index (χ0) is 17.5. The molecule has 0 atom stereocenters. The van der Waals surface area contributed by atoms with Crippen molar-refractivity contribution < 1.29 is 14.2 Å². The van der Waals surface area contributed by atoms with Crippen molar-refractivity contribution in [1.29, 1.82) is 0 Å². The first-order valence-corrected chi connectivity index (χ1v) is 8.58. The number of nitrogens with one attached hydrogen (secondary N) is 2. The van der Waals surface area contributed by atoms with E-state index in [4.69, 9.17) is 14.2 Å². The number of benzene rings is 1. The Labute approximate surface area is 168 Å². The number of ether oxygens (including phenoxy) is 3. The highest BCUT2D eigenvalue weighted by atomic mass is 127. The highest BCUT2D eigenvalue weighted by Crippen LogP contribution is 2.16. The normalized spacial score (nSPS) is 10.8. The van der Waals surface area contributed by atoms with Gasteiger partial charge in [0.05, 0.1) is 13.7 Å². The Balaban J connectivity index is 0.00000576. The molecule has 0 aromatic heterocycles. The number of hydrogen-bond donors (Lipinski definition) is 2. The fraction of sp³-hybridized carbons (Fsp3) is 0.611. The lowest BCUT2D eigenvalue weighted by Gasteiger charge is -2.12. The van der Waals surface area contributed by atoms with Crippen LogP contribution in [0.4, 0.5) is 0 Å². The van der Waals surface area contributed by atoms with E-state index in [2.05, 4.69) is 22.5 Å². The van der Waals surface area contributed by atoms with E-state index in [0.717, 1.165) is 56.4 Å². The lowest BCUT2D eigenvalue weighted by molar-refractivity contribution is 0.192. The Hall–Kier alpha value is -1.22. The highest BCUT2D eigenvalue weighted by molar-refractivity contribution is 14.0.